The van der Waals surface area contributed by atoms with Crippen molar-refractivity contribution in [3.05, 3.63) is 60.0 Å². The van der Waals surface area contributed by atoms with Crippen molar-refractivity contribution in [2.24, 2.45) is 0 Å². The van der Waals surface area contributed by atoms with Gasteiger partial charge >= 0.3 is 0 Å². The van der Waals surface area contributed by atoms with Crippen LogP contribution in [0, 0.1) is 0 Å². The Hall–Kier alpha value is -2.53. The second-order valence-electron chi connectivity index (χ2n) is 8.36. The van der Waals surface area contributed by atoms with E-state index in [0.717, 1.165) is 37.1 Å². The van der Waals surface area contributed by atoms with Crippen molar-refractivity contribution in [3.8, 4) is 0 Å². The highest BCUT2D eigenvalue weighted by Gasteiger charge is 2.27. The van der Waals surface area contributed by atoms with Gasteiger partial charge in [-0.3, -0.25) is 4.98 Å². The molecule has 5 rings (SSSR count). The number of benzene rings is 1. The number of nitrogens with zero attached hydrogens (tertiary/aromatic N) is 5. The zero-order valence-corrected chi connectivity index (χ0v) is 17.0. The molecule has 150 valence electrons. The lowest BCUT2D eigenvalue weighted by molar-refractivity contribution is 0.141. The van der Waals surface area contributed by atoms with Gasteiger partial charge in [0, 0.05) is 48.7 Å². The monoisotopic (exact) mass is 387 g/mol. The molecule has 0 atom stereocenters. The Morgan fingerprint density at radius 3 is 2.28 bits per heavy atom. The number of likely N-dealkylation sites (tertiary alicyclic amines) is 1. The fraction of sp³-hybridized carbons (Fsp3) is 0.458. The molecule has 4 heterocycles. The van der Waals surface area contributed by atoms with Crippen molar-refractivity contribution in [2.45, 2.75) is 44.6 Å². The molecule has 0 spiro atoms. The first-order chi connectivity index (χ1) is 14.4. The van der Waals surface area contributed by atoms with Gasteiger partial charge in [-0.2, -0.15) is 5.10 Å². The van der Waals surface area contributed by atoms with Crippen molar-refractivity contribution < 1.29 is 0 Å². The average Bonchev–Trinajstić information content (AvgIpc) is 2.81. The summed E-state index contributed by atoms with van der Waals surface area (Å²) in [7, 11) is 0. The van der Waals surface area contributed by atoms with Gasteiger partial charge < -0.3 is 9.80 Å². The van der Waals surface area contributed by atoms with Crippen LogP contribution in [0.4, 0.5) is 5.82 Å². The summed E-state index contributed by atoms with van der Waals surface area (Å²) < 4.78 is 0. The second kappa shape index (κ2) is 8.46. The van der Waals surface area contributed by atoms with Crippen LogP contribution in [0.5, 0.6) is 0 Å². The van der Waals surface area contributed by atoms with E-state index in [9.17, 15) is 0 Å². The highest BCUT2D eigenvalue weighted by Crippen LogP contribution is 2.30. The standard InChI is InChI=1S/C24H29N5/c1-4-14-28(15-5-1)20-10-16-29(17-11-20)24-22-7-3-2-6-21(22)23(26-27-24)18-19-8-12-25-13-9-19/h2-3,6-9,12-13,20H,1,4-5,10-11,14-18H2. The van der Waals surface area contributed by atoms with Crippen molar-refractivity contribution in [1.29, 1.82) is 0 Å². The van der Waals surface area contributed by atoms with Gasteiger partial charge in [0.05, 0.1) is 5.69 Å². The molecule has 1 aromatic carbocycles. The van der Waals surface area contributed by atoms with Crippen LogP contribution in [-0.4, -0.2) is 52.3 Å². The van der Waals surface area contributed by atoms with Crippen molar-refractivity contribution in [1.82, 2.24) is 20.1 Å². The third kappa shape index (κ3) is 3.97. The number of piperidine rings is 2. The first-order valence-corrected chi connectivity index (χ1v) is 11.0. The fourth-order valence-corrected chi connectivity index (χ4v) is 4.93. The number of rotatable bonds is 4. The molecule has 2 aliphatic heterocycles. The molecule has 2 fully saturated rings. The lowest BCUT2D eigenvalue weighted by Crippen LogP contribution is -2.47. The van der Waals surface area contributed by atoms with Gasteiger partial charge in [0.15, 0.2) is 5.82 Å². The normalized spacial score (nSPS) is 19.0. The van der Waals surface area contributed by atoms with Gasteiger partial charge in [0.2, 0.25) is 0 Å². The summed E-state index contributed by atoms with van der Waals surface area (Å²) in [6.45, 7) is 4.72. The number of anilines is 1. The van der Waals surface area contributed by atoms with E-state index in [0.29, 0.717) is 0 Å². The summed E-state index contributed by atoms with van der Waals surface area (Å²) in [5.74, 6) is 1.05. The average molecular weight is 388 g/mol. The van der Waals surface area contributed by atoms with Crippen LogP contribution in [0.15, 0.2) is 48.8 Å². The van der Waals surface area contributed by atoms with Gasteiger partial charge in [-0.05, 0) is 56.5 Å². The molecular weight excluding hydrogens is 358 g/mol. The van der Waals surface area contributed by atoms with E-state index >= 15 is 0 Å². The number of fused-ring (bicyclic) bond motifs is 1. The zero-order valence-electron chi connectivity index (χ0n) is 17.0. The molecule has 0 amide bonds. The Bertz CT molecular complexity index is 944. The van der Waals surface area contributed by atoms with Crippen molar-refractivity contribution >= 4 is 16.6 Å². The summed E-state index contributed by atoms with van der Waals surface area (Å²) >= 11 is 0. The molecule has 0 saturated carbocycles. The molecule has 5 nitrogen and oxygen atoms in total. The first kappa shape index (κ1) is 18.5. The maximum atomic E-state index is 4.71. The predicted molar refractivity (Wildman–Crippen MR) is 117 cm³/mol. The smallest absolute Gasteiger partial charge is 0.159 e. The minimum Gasteiger partial charge on any atom is -0.354 e. The van der Waals surface area contributed by atoms with Gasteiger partial charge in [0.25, 0.3) is 0 Å². The minimum atomic E-state index is 0.747. The number of aromatic nitrogens is 3. The van der Waals surface area contributed by atoms with E-state index < -0.39 is 0 Å². The third-order valence-corrected chi connectivity index (χ3v) is 6.54. The maximum Gasteiger partial charge on any atom is 0.159 e. The summed E-state index contributed by atoms with van der Waals surface area (Å²) in [6, 6.07) is 13.5. The second-order valence-corrected chi connectivity index (χ2v) is 8.36. The van der Waals surface area contributed by atoms with E-state index in [4.69, 9.17) is 5.10 Å². The van der Waals surface area contributed by atoms with Gasteiger partial charge in [0.1, 0.15) is 0 Å². The van der Waals surface area contributed by atoms with Crippen LogP contribution in [0.25, 0.3) is 10.8 Å². The van der Waals surface area contributed by atoms with Crippen LogP contribution < -0.4 is 4.90 Å². The summed E-state index contributed by atoms with van der Waals surface area (Å²) in [5.41, 5.74) is 2.26. The molecule has 0 radical (unpaired) electrons. The van der Waals surface area contributed by atoms with Crippen LogP contribution in [-0.2, 0) is 6.42 Å². The fourth-order valence-electron chi connectivity index (χ4n) is 4.93. The topological polar surface area (TPSA) is 45.2 Å². The van der Waals surface area contributed by atoms with Crippen molar-refractivity contribution in [2.75, 3.05) is 31.1 Å². The van der Waals surface area contributed by atoms with Gasteiger partial charge in [-0.15, -0.1) is 5.10 Å². The van der Waals surface area contributed by atoms with E-state index in [1.807, 2.05) is 12.4 Å². The molecule has 0 unspecified atom stereocenters. The first-order valence-electron chi connectivity index (χ1n) is 11.0. The van der Waals surface area contributed by atoms with Crippen LogP contribution in [0.3, 0.4) is 0 Å². The molecule has 0 N–H and O–H groups in total. The molecule has 29 heavy (non-hydrogen) atoms. The SMILES string of the molecule is c1ccc2c(N3CCC(N4CCCCC4)CC3)nnc(Cc3ccncc3)c2c1. The lowest BCUT2D eigenvalue weighted by atomic mass is 9.99. The largest absolute Gasteiger partial charge is 0.354 e. The van der Waals surface area contributed by atoms with Crippen LogP contribution in [0.1, 0.15) is 43.4 Å². The van der Waals surface area contributed by atoms with Crippen LogP contribution in [0.2, 0.25) is 0 Å². The minimum absolute atomic E-state index is 0.747. The predicted octanol–water partition coefficient (Wildman–Crippen LogP) is 4.07. The van der Waals surface area contributed by atoms with Crippen LogP contribution >= 0.6 is 0 Å². The highest BCUT2D eigenvalue weighted by atomic mass is 15.3. The van der Waals surface area contributed by atoms with E-state index in [2.05, 4.69) is 56.3 Å². The number of pyridine rings is 1. The summed E-state index contributed by atoms with van der Waals surface area (Å²) in [4.78, 5) is 9.29. The third-order valence-electron chi connectivity index (χ3n) is 6.54. The quantitative estimate of drug-likeness (QED) is 0.675. The van der Waals surface area contributed by atoms with E-state index in [-0.39, 0.29) is 0 Å². The van der Waals surface area contributed by atoms with E-state index in [1.54, 1.807) is 0 Å². The maximum absolute atomic E-state index is 4.71. The van der Waals surface area contributed by atoms with Gasteiger partial charge in [-0.1, -0.05) is 30.7 Å². The highest BCUT2D eigenvalue weighted by molar-refractivity contribution is 5.93. The Balaban J connectivity index is 1.36. The molecule has 2 saturated heterocycles. The molecule has 0 bridgehead atoms. The molecule has 2 aromatic heterocycles. The Morgan fingerprint density at radius 1 is 0.793 bits per heavy atom. The Morgan fingerprint density at radius 2 is 1.52 bits per heavy atom. The molecule has 2 aliphatic rings. The number of hydrogen-bond acceptors (Lipinski definition) is 5. The van der Waals surface area contributed by atoms with E-state index in [1.165, 1.54) is 61.5 Å². The number of hydrogen-bond donors (Lipinski definition) is 0. The molecule has 0 aliphatic carbocycles. The lowest BCUT2D eigenvalue weighted by Gasteiger charge is -2.40. The summed E-state index contributed by atoms with van der Waals surface area (Å²) in [6.07, 6.45) is 11.1. The van der Waals surface area contributed by atoms with Crippen molar-refractivity contribution in [3.63, 3.8) is 0 Å². The van der Waals surface area contributed by atoms with Gasteiger partial charge in [-0.25, -0.2) is 0 Å². The Labute approximate surface area is 172 Å². The molecule has 5 heteroatoms. The molecular formula is C24H29N5. The zero-order chi connectivity index (χ0) is 19.5. The molecule has 3 aromatic rings. The summed E-state index contributed by atoms with van der Waals surface area (Å²) in [5, 5.41) is 11.8. The Kier molecular flexibility index (Phi) is 5.39.